The van der Waals surface area contributed by atoms with Crippen LogP contribution in [0.5, 0.6) is 0 Å². The standard InChI is InChI=1S/C12H14O/c1-7-4-5-10-11(9(7)3)6-8(2)12(10)13/h4-5,8H,6H2,1-3H3/t8-/m1/s1. The number of ketones is 1. The van der Waals surface area contributed by atoms with Gasteiger partial charge in [0.2, 0.25) is 0 Å². The minimum atomic E-state index is 0.190. The van der Waals surface area contributed by atoms with Gasteiger partial charge in [0.05, 0.1) is 0 Å². The van der Waals surface area contributed by atoms with E-state index in [9.17, 15) is 4.79 Å². The van der Waals surface area contributed by atoms with E-state index in [1.807, 2.05) is 19.1 Å². The third-order valence-corrected chi connectivity index (χ3v) is 3.09. The van der Waals surface area contributed by atoms with Crippen molar-refractivity contribution in [2.24, 2.45) is 5.92 Å². The Kier molecular flexibility index (Phi) is 1.76. The van der Waals surface area contributed by atoms with Crippen LogP contribution < -0.4 is 0 Å². The van der Waals surface area contributed by atoms with Gasteiger partial charge in [-0.05, 0) is 37.0 Å². The van der Waals surface area contributed by atoms with Crippen LogP contribution in [0.1, 0.15) is 34.0 Å². The van der Waals surface area contributed by atoms with Crippen LogP contribution >= 0.6 is 0 Å². The van der Waals surface area contributed by atoms with E-state index in [-0.39, 0.29) is 5.92 Å². The zero-order valence-electron chi connectivity index (χ0n) is 8.35. The SMILES string of the molecule is Cc1ccc2c(c1C)C[C@@H](C)C2=O. The summed E-state index contributed by atoms with van der Waals surface area (Å²) in [5.74, 6) is 0.508. The molecule has 1 heteroatoms. The van der Waals surface area contributed by atoms with Crippen molar-refractivity contribution in [1.29, 1.82) is 0 Å². The van der Waals surface area contributed by atoms with Crippen LogP contribution in [0.4, 0.5) is 0 Å². The molecule has 1 aromatic rings. The van der Waals surface area contributed by atoms with Gasteiger partial charge < -0.3 is 0 Å². The molecule has 0 aliphatic heterocycles. The number of aryl methyl sites for hydroxylation is 1. The molecule has 1 nitrogen and oxygen atoms in total. The number of rotatable bonds is 0. The number of fused-ring (bicyclic) bond motifs is 1. The van der Waals surface area contributed by atoms with Gasteiger partial charge in [-0.15, -0.1) is 0 Å². The van der Waals surface area contributed by atoms with E-state index in [1.165, 1.54) is 16.7 Å². The molecule has 0 heterocycles. The lowest BCUT2D eigenvalue weighted by Gasteiger charge is -2.05. The van der Waals surface area contributed by atoms with Crippen molar-refractivity contribution in [3.63, 3.8) is 0 Å². The fourth-order valence-corrected chi connectivity index (χ4v) is 2.03. The smallest absolute Gasteiger partial charge is 0.166 e. The molecule has 0 amide bonds. The predicted octanol–water partition coefficient (Wildman–Crippen LogP) is 2.68. The first-order valence-electron chi connectivity index (χ1n) is 4.74. The van der Waals surface area contributed by atoms with Gasteiger partial charge in [-0.2, -0.15) is 0 Å². The van der Waals surface area contributed by atoms with Crippen molar-refractivity contribution in [3.05, 3.63) is 34.4 Å². The molecule has 2 rings (SSSR count). The van der Waals surface area contributed by atoms with Crippen molar-refractivity contribution < 1.29 is 4.79 Å². The highest BCUT2D eigenvalue weighted by molar-refractivity contribution is 6.02. The second-order valence-electron chi connectivity index (χ2n) is 4.00. The van der Waals surface area contributed by atoms with Crippen molar-refractivity contribution >= 4 is 5.78 Å². The van der Waals surface area contributed by atoms with Crippen LogP contribution in [-0.4, -0.2) is 5.78 Å². The molecule has 0 unspecified atom stereocenters. The van der Waals surface area contributed by atoms with E-state index in [0.717, 1.165) is 12.0 Å². The molecule has 0 aromatic heterocycles. The summed E-state index contributed by atoms with van der Waals surface area (Å²) in [5, 5.41) is 0. The molecule has 1 atom stereocenters. The molecule has 1 aromatic carbocycles. The Morgan fingerprint density at radius 1 is 1.31 bits per heavy atom. The van der Waals surface area contributed by atoms with E-state index < -0.39 is 0 Å². The lowest BCUT2D eigenvalue weighted by Crippen LogP contribution is -2.02. The Hall–Kier alpha value is -1.11. The van der Waals surface area contributed by atoms with Crippen molar-refractivity contribution in [3.8, 4) is 0 Å². The van der Waals surface area contributed by atoms with Crippen LogP contribution in [0, 0.1) is 19.8 Å². The minimum absolute atomic E-state index is 0.190. The second kappa shape index (κ2) is 2.69. The summed E-state index contributed by atoms with van der Waals surface area (Å²) in [6.45, 7) is 6.22. The Balaban J connectivity index is 2.64. The fourth-order valence-electron chi connectivity index (χ4n) is 2.03. The van der Waals surface area contributed by atoms with Gasteiger partial charge in [0.25, 0.3) is 0 Å². The summed E-state index contributed by atoms with van der Waals surface area (Å²) in [5.41, 5.74) is 4.82. The van der Waals surface area contributed by atoms with Gasteiger partial charge in [0.15, 0.2) is 5.78 Å². The maximum absolute atomic E-state index is 11.7. The molecule has 0 spiro atoms. The first kappa shape index (κ1) is 8.49. The van der Waals surface area contributed by atoms with Gasteiger partial charge in [-0.25, -0.2) is 0 Å². The molecule has 13 heavy (non-hydrogen) atoms. The van der Waals surface area contributed by atoms with Crippen LogP contribution in [0.15, 0.2) is 12.1 Å². The lowest BCUT2D eigenvalue weighted by molar-refractivity contribution is 0.0946. The molecular formula is C12H14O. The molecule has 0 saturated carbocycles. The number of hydrogen-bond donors (Lipinski definition) is 0. The van der Waals surface area contributed by atoms with Crippen molar-refractivity contribution in [2.45, 2.75) is 27.2 Å². The van der Waals surface area contributed by atoms with E-state index in [4.69, 9.17) is 0 Å². The van der Waals surface area contributed by atoms with Crippen LogP contribution in [0.25, 0.3) is 0 Å². The Labute approximate surface area is 78.8 Å². The molecule has 68 valence electrons. The van der Waals surface area contributed by atoms with Gasteiger partial charge in [-0.1, -0.05) is 19.1 Å². The highest BCUT2D eigenvalue weighted by atomic mass is 16.1. The van der Waals surface area contributed by atoms with Gasteiger partial charge in [0.1, 0.15) is 0 Å². The first-order chi connectivity index (χ1) is 6.11. The molecule has 0 N–H and O–H groups in total. The zero-order valence-corrected chi connectivity index (χ0v) is 8.35. The normalized spacial score (nSPS) is 20.5. The van der Waals surface area contributed by atoms with Crippen molar-refractivity contribution in [1.82, 2.24) is 0 Å². The maximum Gasteiger partial charge on any atom is 0.166 e. The molecule has 0 fully saturated rings. The van der Waals surface area contributed by atoms with Crippen LogP contribution in [0.2, 0.25) is 0 Å². The molecule has 0 radical (unpaired) electrons. The molecular weight excluding hydrogens is 160 g/mol. The molecule has 1 aliphatic carbocycles. The lowest BCUT2D eigenvalue weighted by atomic mass is 10.00. The Morgan fingerprint density at radius 3 is 2.69 bits per heavy atom. The predicted molar refractivity (Wildman–Crippen MR) is 53.1 cm³/mol. The Morgan fingerprint density at radius 2 is 2.00 bits per heavy atom. The van der Waals surface area contributed by atoms with E-state index in [1.54, 1.807) is 0 Å². The van der Waals surface area contributed by atoms with Crippen LogP contribution in [-0.2, 0) is 6.42 Å². The van der Waals surface area contributed by atoms with Gasteiger partial charge in [-0.3, -0.25) is 4.79 Å². The number of Topliss-reactive ketones (excluding diaryl/α,β-unsaturated/α-hetero) is 1. The van der Waals surface area contributed by atoms with Gasteiger partial charge >= 0.3 is 0 Å². The highest BCUT2D eigenvalue weighted by Gasteiger charge is 2.28. The number of carbonyl (C=O) groups excluding carboxylic acids is 1. The second-order valence-corrected chi connectivity index (χ2v) is 4.00. The summed E-state index contributed by atoms with van der Waals surface area (Å²) >= 11 is 0. The van der Waals surface area contributed by atoms with Gasteiger partial charge in [0, 0.05) is 11.5 Å². The summed E-state index contributed by atoms with van der Waals surface area (Å²) in [7, 11) is 0. The summed E-state index contributed by atoms with van der Waals surface area (Å²) in [4.78, 5) is 11.7. The topological polar surface area (TPSA) is 17.1 Å². The Bertz CT molecular complexity index is 377. The first-order valence-corrected chi connectivity index (χ1v) is 4.74. The number of hydrogen-bond acceptors (Lipinski definition) is 1. The largest absolute Gasteiger partial charge is 0.294 e. The number of carbonyl (C=O) groups is 1. The van der Waals surface area contributed by atoms with Crippen molar-refractivity contribution in [2.75, 3.05) is 0 Å². The summed E-state index contributed by atoms with van der Waals surface area (Å²) in [6.07, 6.45) is 0.932. The molecule has 1 aliphatic rings. The number of benzene rings is 1. The molecule has 0 bridgehead atoms. The van der Waals surface area contributed by atoms with Crippen LogP contribution in [0.3, 0.4) is 0 Å². The third-order valence-electron chi connectivity index (χ3n) is 3.09. The fraction of sp³-hybridized carbons (Fsp3) is 0.417. The van der Waals surface area contributed by atoms with E-state index >= 15 is 0 Å². The van der Waals surface area contributed by atoms with E-state index in [0.29, 0.717) is 5.78 Å². The maximum atomic E-state index is 11.7. The monoisotopic (exact) mass is 174 g/mol. The summed E-state index contributed by atoms with van der Waals surface area (Å²) in [6, 6.07) is 4.02. The average molecular weight is 174 g/mol. The van der Waals surface area contributed by atoms with E-state index in [2.05, 4.69) is 13.8 Å². The minimum Gasteiger partial charge on any atom is -0.294 e. The third kappa shape index (κ3) is 1.11. The average Bonchev–Trinajstić information content (AvgIpc) is 2.38. The quantitative estimate of drug-likeness (QED) is 0.591. The zero-order chi connectivity index (χ0) is 9.59. The highest BCUT2D eigenvalue weighted by Crippen LogP contribution is 2.30. The molecule has 0 saturated heterocycles. The summed E-state index contributed by atoms with van der Waals surface area (Å²) < 4.78 is 0.